The van der Waals surface area contributed by atoms with Crippen molar-refractivity contribution in [3.63, 3.8) is 0 Å². The molecule has 0 amide bonds. The van der Waals surface area contributed by atoms with Crippen molar-refractivity contribution in [1.29, 1.82) is 0 Å². The minimum Gasteiger partial charge on any atom is -0.478 e. The maximum Gasteiger partial charge on any atom is 0.339 e. The molecule has 1 N–H and O–H groups in total. The lowest BCUT2D eigenvalue weighted by molar-refractivity contribution is 0.0696. The number of aromatic carboxylic acids is 1. The SMILES string of the molecule is Cn1ncc(C(=O)O)c1/C=C/c1nc(C(C)(C)C)cs1. The standard InChI is InChI=1S/C14H17N3O2S/c1-14(2,3)11-8-20-12(16-11)6-5-10-9(13(18)19)7-15-17(10)4/h5-8H,1-4H3,(H,18,19)/b6-5+. The molecule has 0 aromatic carbocycles. The highest BCUT2D eigenvalue weighted by atomic mass is 32.1. The summed E-state index contributed by atoms with van der Waals surface area (Å²) in [6, 6.07) is 0. The van der Waals surface area contributed by atoms with E-state index in [1.165, 1.54) is 10.9 Å². The topological polar surface area (TPSA) is 68.0 Å². The molecule has 0 fully saturated rings. The molecular formula is C14H17N3O2S. The highest BCUT2D eigenvalue weighted by Gasteiger charge is 2.17. The number of rotatable bonds is 3. The van der Waals surface area contributed by atoms with Crippen molar-refractivity contribution in [3.05, 3.63) is 33.5 Å². The molecule has 0 saturated heterocycles. The summed E-state index contributed by atoms with van der Waals surface area (Å²) < 4.78 is 1.54. The number of carboxylic acid groups (broad SMARTS) is 1. The summed E-state index contributed by atoms with van der Waals surface area (Å²) in [6.07, 6.45) is 4.91. The second-order valence-electron chi connectivity index (χ2n) is 5.53. The van der Waals surface area contributed by atoms with Crippen LogP contribution in [-0.4, -0.2) is 25.8 Å². The smallest absolute Gasteiger partial charge is 0.339 e. The molecule has 0 aliphatic rings. The van der Waals surface area contributed by atoms with Crippen LogP contribution >= 0.6 is 11.3 Å². The number of carboxylic acids is 1. The van der Waals surface area contributed by atoms with Gasteiger partial charge in [-0.05, 0) is 12.2 Å². The van der Waals surface area contributed by atoms with Gasteiger partial charge in [0, 0.05) is 17.8 Å². The summed E-state index contributed by atoms with van der Waals surface area (Å²) >= 11 is 1.54. The minimum atomic E-state index is -0.979. The highest BCUT2D eigenvalue weighted by Crippen LogP contribution is 2.25. The van der Waals surface area contributed by atoms with Gasteiger partial charge in [-0.1, -0.05) is 20.8 Å². The molecule has 0 bridgehead atoms. The van der Waals surface area contributed by atoms with Crippen LogP contribution in [0.3, 0.4) is 0 Å². The van der Waals surface area contributed by atoms with E-state index < -0.39 is 5.97 Å². The third-order valence-corrected chi connectivity index (χ3v) is 3.70. The first kappa shape index (κ1) is 14.5. The van der Waals surface area contributed by atoms with Crippen LogP contribution in [0.4, 0.5) is 0 Å². The van der Waals surface area contributed by atoms with Crippen LogP contribution in [0, 0.1) is 0 Å². The van der Waals surface area contributed by atoms with Gasteiger partial charge < -0.3 is 5.11 Å². The van der Waals surface area contributed by atoms with Crippen molar-refractivity contribution in [2.24, 2.45) is 7.05 Å². The molecule has 0 radical (unpaired) electrons. The average Bonchev–Trinajstić information content (AvgIpc) is 2.92. The number of aromatic nitrogens is 3. The Morgan fingerprint density at radius 2 is 2.10 bits per heavy atom. The molecule has 2 rings (SSSR count). The van der Waals surface area contributed by atoms with E-state index in [0.717, 1.165) is 10.7 Å². The largest absolute Gasteiger partial charge is 0.478 e. The Morgan fingerprint density at radius 3 is 2.65 bits per heavy atom. The van der Waals surface area contributed by atoms with Gasteiger partial charge in [0.1, 0.15) is 10.6 Å². The number of nitrogens with zero attached hydrogens (tertiary/aromatic N) is 3. The number of hydrogen-bond acceptors (Lipinski definition) is 4. The van der Waals surface area contributed by atoms with Crippen molar-refractivity contribution in [1.82, 2.24) is 14.8 Å². The van der Waals surface area contributed by atoms with Crippen LogP contribution in [-0.2, 0) is 12.5 Å². The van der Waals surface area contributed by atoms with Crippen LogP contribution in [0.15, 0.2) is 11.6 Å². The Kier molecular flexibility index (Phi) is 3.76. The van der Waals surface area contributed by atoms with Crippen LogP contribution in [0.2, 0.25) is 0 Å². The molecule has 0 unspecified atom stereocenters. The molecule has 5 nitrogen and oxygen atoms in total. The predicted molar refractivity (Wildman–Crippen MR) is 79.9 cm³/mol. The normalized spacial score (nSPS) is 12.2. The minimum absolute atomic E-state index is 0.0152. The van der Waals surface area contributed by atoms with Gasteiger partial charge in [-0.2, -0.15) is 5.10 Å². The molecule has 2 aromatic rings. The van der Waals surface area contributed by atoms with Crippen LogP contribution in [0.1, 0.15) is 47.5 Å². The van der Waals surface area contributed by atoms with Gasteiger partial charge in [0.15, 0.2) is 0 Å². The monoisotopic (exact) mass is 291 g/mol. The predicted octanol–water partition coefficient (Wildman–Crippen LogP) is 3.04. The molecular weight excluding hydrogens is 274 g/mol. The third kappa shape index (κ3) is 2.96. The van der Waals surface area contributed by atoms with Gasteiger partial charge in [-0.15, -0.1) is 11.3 Å². The maximum absolute atomic E-state index is 11.1. The quantitative estimate of drug-likeness (QED) is 0.943. The first-order valence-electron chi connectivity index (χ1n) is 6.18. The van der Waals surface area contributed by atoms with Crippen molar-refractivity contribution in [2.45, 2.75) is 26.2 Å². The van der Waals surface area contributed by atoms with E-state index in [1.807, 2.05) is 11.5 Å². The molecule has 2 heterocycles. The van der Waals surface area contributed by atoms with E-state index in [0.29, 0.717) is 5.69 Å². The zero-order valence-electron chi connectivity index (χ0n) is 11.9. The van der Waals surface area contributed by atoms with Gasteiger partial charge in [-0.3, -0.25) is 4.68 Å². The van der Waals surface area contributed by atoms with E-state index in [4.69, 9.17) is 5.11 Å². The molecule has 0 spiro atoms. The molecule has 106 valence electrons. The van der Waals surface area contributed by atoms with Crippen LogP contribution in [0.5, 0.6) is 0 Å². The Balaban J connectivity index is 2.28. The van der Waals surface area contributed by atoms with Crippen molar-refractivity contribution in [2.75, 3.05) is 0 Å². The lowest BCUT2D eigenvalue weighted by Crippen LogP contribution is -2.11. The molecule has 0 saturated carbocycles. The summed E-state index contributed by atoms with van der Waals surface area (Å²) in [5.41, 5.74) is 1.80. The fraction of sp³-hybridized carbons (Fsp3) is 0.357. The lowest BCUT2D eigenvalue weighted by atomic mass is 9.93. The summed E-state index contributed by atoms with van der Waals surface area (Å²) in [4.78, 5) is 15.6. The van der Waals surface area contributed by atoms with Crippen LogP contribution < -0.4 is 0 Å². The Morgan fingerprint density at radius 1 is 1.40 bits per heavy atom. The Hall–Kier alpha value is -1.95. The van der Waals surface area contributed by atoms with Gasteiger partial charge in [0.2, 0.25) is 0 Å². The number of hydrogen-bond donors (Lipinski definition) is 1. The van der Waals surface area contributed by atoms with Crippen molar-refractivity contribution >= 4 is 29.5 Å². The first-order valence-corrected chi connectivity index (χ1v) is 7.06. The van der Waals surface area contributed by atoms with Gasteiger partial charge in [-0.25, -0.2) is 9.78 Å². The van der Waals surface area contributed by atoms with E-state index in [1.54, 1.807) is 24.5 Å². The first-order chi connectivity index (χ1) is 9.29. The van der Waals surface area contributed by atoms with Gasteiger partial charge >= 0.3 is 5.97 Å². The zero-order chi connectivity index (χ0) is 14.9. The molecule has 0 aliphatic carbocycles. The molecule has 0 aliphatic heterocycles. The van der Waals surface area contributed by atoms with Crippen molar-refractivity contribution in [3.8, 4) is 0 Å². The summed E-state index contributed by atoms with van der Waals surface area (Å²) in [6.45, 7) is 6.33. The van der Waals surface area contributed by atoms with Crippen molar-refractivity contribution < 1.29 is 9.90 Å². The zero-order valence-corrected chi connectivity index (χ0v) is 12.7. The van der Waals surface area contributed by atoms with E-state index in [2.05, 4.69) is 30.9 Å². The van der Waals surface area contributed by atoms with Gasteiger partial charge in [0.05, 0.1) is 17.6 Å². The number of thiazole rings is 1. The summed E-state index contributed by atoms with van der Waals surface area (Å²) in [7, 11) is 1.72. The van der Waals surface area contributed by atoms with E-state index >= 15 is 0 Å². The molecule has 0 atom stereocenters. The maximum atomic E-state index is 11.1. The van der Waals surface area contributed by atoms with Crippen LogP contribution in [0.25, 0.3) is 12.2 Å². The van der Waals surface area contributed by atoms with Gasteiger partial charge in [0.25, 0.3) is 0 Å². The highest BCUT2D eigenvalue weighted by molar-refractivity contribution is 7.10. The molecule has 2 aromatic heterocycles. The Labute approximate surface area is 121 Å². The average molecular weight is 291 g/mol. The van der Waals surface area contributed by atoms with E-state index in [9.17, 15) is 4.79 Å². The van der Waals surface area contributed by atoms with E-state index in [-0.39, 0.29) is 11.0 Å². The molecule has 6 heteroatoms. The Bertz CT molecular complexity index is 662. The lowest BCUT2D eigenvalue weighted by Gasteiger charge is -2.13. The number of carbonyl (C=O) groups is 1. The second-order valence-corrected chi connectivity index (χ2v) is 6.42. The summed E-state index contributed by atoms with van der Waals surface area (Å²) in [5.74, 6) is -0.979. The third-order valence-electron chi connectivity index (χ3n) is 2.89. The second kappa shape index (κ2) is 5.20. The summed E-state index contributed by atoms with van der Waals surface area (Å²) in [5, 5.41) is 15.9. The number of aryl methyl sites for hydroxylation is 1. The fourth-order valence-electron chi connectivity index (χ4n) is 1.67. The fourth-order valence-corrected chi connectivity index (χ4v) is 2.60. The molecule has 20 heavy (non-hydrogen) atoms.